The normalized spacial score (nSPS) is 21.8. The third-order valence-electron chi connectivity index (χ3n) is 5.06. The molecule has 0 fully saturated rings. The first kappa shape index (κ1) is 13.7. The van der Waals surface area contributed by atoms with E-state index in [1.54, 1.807) is 4.68 Å². The third-order valence-corrected chi connectivity index (χ3v) is 5.06. The van der Waals surface area contributed by atoms with Crippen LogP contribution in [0.15, 0.2) is 47.5 Å². The quantitative estimate of drug-likeness (QED) is 0.669. The summed E-state index contributed by atoms with van der Waals surface area (Å²) in [5.74, 6) is 1.30. The molecule has 8 heteroatoms. The molecule has 6 rings (SSSR count). The highest BCUT2D eigenvalue weighted by Gasteiger charge is 2.47. The van der Waals surface area contributed by atoms with Crippen molar-refractivity contribution in [2.24, 2.45) is 10.9 Å². The molecule has 3 heterocycles. The van der Waals surface area contributed by atoms with Crippen LogP contribution in [0.2, 0.25) is 0 Å². The molecule has 3 aliphatic rings. The number of ketones is 1. The summed E-state index contributed by atoms with van der Waals surface area (Å²) < 4.78 is 12.5. The molecule has 126 valence electrons. The fourth-order valence-corrected chi connectivity index (χ4v) is 3.93. The molecule has 0 amide bonds. The monoisotopic (exact) mass is 345 g/mol. The van der Waals surface area contributed by atoms with Crippen LogP contribution in [0, 0.1) is 5.92 Å². The molecule has 8 nitrogen and oxygen atoms in total. The number of rotatable bonds is 1. The largest absolute Gasteiger partial charge is 0.454 e. The molecule has 0 radical (unpaired) electrons. The molecule has 0 saturated carbocycles. The number of hydrogen-bond acceptors (Lipinski definition) is 7. The van der Waals surface area contributed by atoms with Crippen molar-refractivity contribution in [2.75, 3.05) is 6.79 Å². The van der Waals surface area contributed by atoms with Crippen LogP contribution in [0.3, 0.4) is 0 Å². The molecule has 0 saturated heterocycles. The summed E-state index contributed by atoms with van der Waals surface area (Å²) in [4.78, 5) is 17.7. The van der Waals surface area contributed by atoms with E-state index >= 15 is 0 Å². The van der Waals surface area contributed by atoms with Gasteiger partial charge in [0.1, 0.15) is 0 Å². The van der Waals surface area contributed by atoms with Crippen molar-refractivity contribution >= 4 is 17.4 Å². The van der Waals surface area contributed by atoms with Crippen molar-refractivity contribution in [3.63, 3.8) is 0 Å². The lowest BCUT2D eigenvalue weighted by Gasteiger charge is -2.27. The van der Waals surface area contributed by atoms with E-state index in [0.717, 1.165) is 16.8 Å². The first-order chi connectivity index (χ1) is 12.8. The number of fused-ring (bicyclic) bond motifs is 5. The number of Topliss-reactive ketones (excluding diaryl/α,β-unsaturated/α-hetero) is 1. The molecule has 2 aromatic carbocycles. The summed E-state index contributed by atoms with van der Waals surface area (Å²) in [5, 5.41) is 11.8. The minimum absolute atomic E-state index is 0.0307. The van der Waals surface area contributed by atoms with Crippen molar-refractivity contribution in [1.29, 1.82) is 0 Å². The Balaban J connectivity index is 1.58. The van der Waals surface area contributed by atoms with Crippen LogP contribution in [-0.2, 0) is 0 Å². The maximum Gasteiger partial charge on any atom is 0.270 e. The minimum Gasteiger partial charge on any atom is -0.454 e. The Hall–Kier alpha value is -3.55. The summed E-state index contributed by atoms with van der Waals surface area (Å²) in [6, 6.07) is 12.8. The van der Waals surface area contributed by atoms with E-state index in [0.29, 0.717) is 23.0 Å². The molecule has 0 spiro atoms. The smallest absolute Gasteiger partial charge is 0.270 e. The van der Waals surface area contributed by atoms with Crippen molar-refractivity contribution in [3.05, 3.63) is 59.2 Å². The van der Waals surface area contributed by atoms with Crippen LogP contribution >= 0.6 is 0 Å². The van der Waals surface area contributed by atoms with Gasteiger partial charge in [0.15, 0.2) is 17.3 Å². The lowest BCUT2D eigenvalue weighted by molar-refractivity contribution is 0.0937. The number of tetrazole rings is 1. The average molecular weight is 345 g/mol. The molecule has 0 bridgehead atoms. The average Bonchev–Trinajstić information content (AvgIpc) is 3.39. The van der Waals surface area contributed by atoms with E-state index in [9.17, 15) is 4.79 Å². The van der Waals surface area contributed by atoms with Gasteiger partial charge in [-0.2, -0.15) is 0 Å². The Morgan fingerprint density at radius 1 is 1.04 bits per heavy atom. The second-order valence-electron chi connectivity index (χ2n) is 6.37. The van der Waals surface area contributed by atoms with Crippen LogP contribution in [0.1, 0.15) is 27.5 Å². The van der Waals surface area contributed by atoms with E-state index in [1.165, 1.54) is 0 Å². The van der Waals surface area contributed by atoms with Gasteiger partial charge in [-0.1, -0.05) is 35.4 Å². The number of benzene rings is 2. The van der Waals surface area contributed by atoms with Gasteiger partial charge in [-0.25, -0.2) is 9.67 Å². The van der Waals surface area contributed by atoms with Crippen LogP contribution in [0.4, 0.5) is 5.95 Å². The van der Waals surface area contributed by atoms with Crippen LogP contribution < -0.4 is 9.47 Å². The Morgan fingerprint density at radius 2 is 1.88 bits per heavy atom. The molecule has 2 aliphatic heterocycles. The number of nitrogens with zero attached hydrogens (tertiary/aromatic N) is 5. The van der Waals surface area contributed by atoms with Gasteiger partial charge in [0.25, 0.3) is 5.95 Å². The van der Waals surface area contributed by atoms with Gasteiger partial charge in [-0.05, 0) is 28.1 Å². The van der Waals surface area contributed by atoms with E-state index in [-0.39, 0.29) is 18.6 Å². The predicted molar refractivity (Wildman–Crippen MR) is 89.0 cm³/mol. The molecule has 3 aromatic rings. The highest BCUT2D eigenvalue weighted by atomic mass is 16.7. The Labute approximate surface area is 147 Å². The highest BCUT2D eigenvalue weighted by molar-refractivity contribution is 6.29. The van der Waals surface area contributed by atoms with Crippen LogP contribution in [-0.4, -0.2) is 38.5 Å². The van der Waals surface area contributed by atoms with Gasteiger partial charge in [-0.15, -0.1) is 0 Å². The Morgan fingerprint density at radius 3 is 2.81 bits per heavy atom. The first-order valence-electron chi connectivity index (χ1n) is 8.21. The Kier molecular flexibility index (Phi) is 2.51. The van der Waals surface area contributed by atoms with Crippen molar-refractivity contribution in [2.45, 2.75) is 6.04 Å². The summed E-state index contributed by atoms with van der Waals surface area (Å²) in [6.45, 7) is 0.195. The summed E-state index contributed by atoms with van der Waals surface area (Å²) in [6.07, 6.45) is 0. The van der Waals surface area contributed by atoms with E-state index < -0.39 is 5.92 Å². The van der Waals surface area contributed by atoms with E-state index in [1.807, 2.05) is 42.5 Å². The van der Waals surface area contributed by atoms with Gasteiger partial charge < -0.3 is 9.47 Å². The zero-order valence-electron chi connectivity index (χ0n) is 13.4. The number of ether oxygens (including phenoxy) is 2. The lowest BCUT2D eigenvalue weighted by Crippen LogP contribution is -2.32. The molecular weight excluding hydrogens is 334 g/mol. The highest BCUT2D eigenvalue weighted by Crippen LogP contribution is 2.44. The standard InChI is InChI=1S/C18H11N5O3/c24-17-11-4-2-1-3-10(11)15-14(17)16(23-18(19-15)20-21-22-23)9-5-6-12-13(7-9)26-8-25-12/h1-7,14,16H,8H2. The maximum atomic E-state index is 13.2. The zero-order chi connectivity index (χ0) is 17.3. The molecule has 1 aromatic heterocycles. The summed E-state index contributed by atoms with van der Waals surface area (Å²) in [7, 11) is 0. The fourth-order valence-electron chi connectivity index (χ4n) is 3.93. The molecular formula is C18H11N5O3. The van der Waals surface area contributed by atoms with Crippen LogP contribution in [0.25, 0.3) is 0 Å². The fraction of sp³-hybridized carbons (Fsp3) is 0.167. The zero-order valence-corrected chi connectivity index (χ0v) is 13.4. The van der Waals surface area contributed by atoms with Crippen molar-refractivity contribution in [1.82, 2.24) is 20.2 Å². The summed E-state index contributed by atoms with van der Waals surface area (Å²) >= 11 is 0. The van der Waals surface area contributed by atoms with Crippen LogP contribution in [0.5, 0.6) is 11.5 Å². The SMILES string of the molecule is O=C1c2ccccc2C2=Nc3nnnn3C(c3ccc4c(c3)OCO4)C12. The van der Waals surface area contributed by atoms with Gasteiger partial charge in [0, 0.05) is 11.1 Å². The lowest BCUT2D eigenvalue weighted by atomic mass is 9.87. The Bertz CT molecular complexity index is 1120. The molecule has 1 aliphatic carbocycles. The second kappa shape index (κ2) is 4.75. The van der Waals surface area contributed by atoms with Gasteiger partial charge in [0.05, 0.1) is 17.7 Å². The number of carbonyl (C=O) groups excluding carboxylic acids is 1. The number of carbonyl (C=O) groups is 1. The molecule has 2 atom stereocenters. The van der Waals surface area contributed by atoms with Gasteiger partial charge >= 0.3 is 0 Å². The summed E-state index contributed by atoms with van der Waals surface area (Å²) in [5.41, 5.74) is 3.13. The molecule has 0 N–H and O–H groups in total. The third kappa shape index (κ3) is 1.65. The van der Waals surface area contributed by atoms with E-state index in [4.69, 9.17) is 9.47 Å². The topological polar surface area (TPSA) is 91.5 Å². The van der Waals surface area contributed by atoms with Crippen molar-refractivity contribution in [3.8, 4) is 11.5 Å². The molecule has 26 heavy (non-hydrogen) atoms. The number of hydrogen-bond donors (Lipinski definition) is 0. The van der Waals surface area contributed by atoms with E-state index in [2.05, 4.69) is 20.5 Å². The van der Waals surface area contributed by atoms with Gasteiger partial charge in [-0.3, -0.25) is 4.79 Å². The number of aliphatic imine (C=N–C) groups is 1. The second-order valence-corrected chi connectivity index (χ2v) is 6.37. The number of aromatic nitrogens is 4. The maximum absolute atomic E-state index is 13.2. The van der Waals surface area contributed by atoms with Gasteiger partial charge in [0.2, 0.25) is 6.79 Å². The van der Waals surface area contributed by atoms with Crippen molar-refractivity contribution < 1.29 is 14.3 Å². The molecule has 2 unspecified atom stereocenters. The first-order valence-corrected chi connectivity index (χ1v) is 8.21. The predicted octanol–water partition coefficient (Wildman–Crippen LogP) is 1.94. The minimum atomic E-state index is -0.469.